The smallest absolute Gasteiger partial charge is 0.181 e. The Balaban J connectivity index is 1.58. The Morgan fingerprint density at radius 2 is 1.70 bits per heavy atom. The van der Waals surface area contributed by atoms with Crippen LogP contribution in [0.15, 0.2) is 47.5 Å². The van der Waals surface area contributed by atoms with Crippen molar-refractivity contribution in [1.82, 2.24) is 9.88 Å². The highest BCUT2D eigenvalue weighted by atomic mass is 32.2. The van der Waals surface area contributed by atoms with E-state index in [-0.39, 0.29) is 5.25 Å². The number of sulfone groups is 1. The number of rotatable bonds is 4. The first-order valence-corrected chi connectivity index (χ1v) is 11.1. The molecule has 0 atom stereocenters. The van der Waals surface area contributed by atoms with Gasteiger partial charge in [0.15, 0.2) is 9.84 Å². The predicted octanol–water partition coefficient (Wildman–Crippen LogP) is 2.99. The van der Waals surface area contributed by atoms with Gasteiger partial charge in [-0.1, -0.05) is 31.4 Å². The molecule has 2 aromatic rings. The number of aromatic nitrogens is 1. The molecule has 0 bridgehead atoms. The molecule has 1 aliphatic carbocycles. The Kier molecular flexibility index (Phi) is 4.82. The van der Waals surface area contributed by atoms with Crippen molar-refractivity contribution in [1.29, 1.82) is 0 Å². The number of hydrogen-bond acceptors (Lipinski definition) is 5. The van der Waals surface area contributed by atoms with Crippen LogP contribution >= 0.6 is 0 Å². The molecule has 5 nitrogen and oxygen atoms in total. The van der Waals surface area contributed by atoms with Crippen LogP contribution in [0.4, 0.5) is 0 Å². The zero-order valence-corrected chi connectivity index (χ0v) is 16.5. The molecule has 0 radical (unpaired) electrons. The lowest BCUT2D eigenvalue weighted by molar-refractivity contribution is -0.0948. The lowest BCUT2D eigenvalue weighted by Crippen LogP contribution is -2.57. The molecule has 1 saturated heterocycles. The van der Waals surface area contributed by atoms with Gasteiger partial charge in [-0.25, -0.2) is 8.42 Å². The maximum Gasteiger partial charge on any atom is 0.181 e. The first-order valence-electron chi connectivity index (χ1n) is 9.60. The highest BCUT2D eigenvalue weighted by molar-refractivity contribution is 7.92. The summed E-state index contributed by atoms with van der Waals surface area (Å²) >= 11 is 0. The summed E-state index contributed by atoms with van der Waals surface area (Å²) < 4.78 is 25.7. The molecule has 1 N–H and O–H groups in total. The monoisotopic (exact) mass is 386 g/mol. The first kappa shape index (κ1) is 18.6. The van der Waals surface area contributed by atoms with Crippen molar-refractivity contribution in [3.05, 3.63) is 48.3 Å². The molecule has 0 unspecified atom stereocenters. The number of β-amino-alcohol motifs (C(OH)–C–C–N with tert-alkyl or cyclic N) is 1. The van der Waals surface area contributed by atoms with Gasteiger partial charge in [0.05, 0.1) is 15.8 Å². The van der Waals surface area contributed by atoms with Crippen LogP contribution in [0.5, 0.6) is 0 Å². The van der Waals surface area contributed by atoms with Crippen molar-refractivity contribution in [2.75, 3.05) is 20.1 Å². The van der Waals surface area contributed by atoms with Crippen LogP contribution < -0.4 is 0 Å². The van der Waals surface area contributed by atoms with Gasteiger partial charge >= 0.3 is 0 Å². The molecule has 1 aromatic heterocycles. The van der Waals surface area contributed by atoms with E-state index in [1.165, 1.54) is 0 Å². The summed E-state index contributed by atoms with van der Waals surface area (Å²) in [7, 11) is -1.29. The van der Waals surface area contributed by atoms with Crippen LogP contribution in [-0.4, -0.2) is 48.8 Å². The minimum Gasteiger partial charge on any atom is -0.381 e. The first-order chi connectivity index (χ1) is 12.9. The molecular formula is C21H26N2O3S. The topological polar surface area (TPSA) is 70.5 Å². The summed E-state index contributed by atoms with van der Waals surface area (Å²) in [6, 6.07) is 10.9. The fraction of sp³-hybridized carbons (Fsp3) is 0.476. The van der Waals surface area contributed by atoms with Gasteiger partial charge in [0.2, 0.25) is 0 Å². The maximum atomic E-state index is 12.9. The average molecular weight is 387 g/mol. The Hall–Kier alpha value is -1.76. The quantitative estimate of drug-likeness (QED) is 0.875. The minimum atomic E-state index is -3.25. The van der Waals surface area contributed by atoms with Crippen molar-refractivity contribution in [3.63, 3.8) is 0 Å². The highest BCUT2D eigenvalue weighted by Crippen LogP contribution is 2.33. The summed E-state index contributed by atoms with van der Waals surface area (Å²) in [6.45, 7) is 1.14. The molecule has 0 amide bonds. The maximum absolute atomic E-state index is 12.9. The molecule has 6 heteroatoms. The Morgan fingerprint density at radius 3 is 2.33 bits per heavy atom. The predicted molar refractivity (Wildman–Crippen MR) is 105 cm³/mol. The number of nitrogens with zero attached hydrogens (tertiary/aromatic N) is 2. The summed E-state index contributed by atoms with van der Waals surface area (Å²) in [5.74, 6) is 0. The van der Waals surface area contributed by atoms with Gasteiger partial charge in [-0.05, 0) is 55.3 Å². The molecule has 4 rings (SSSR count). The summed E-state index contributed by atoms with van der Waals surface area (Å²) in [6.07, 6.45) is 6.38. The Morgan fingerprint density at radius 1 is 1.04 bits per heavy atom. The number of benzene rings is 1. The molecule has 1 aromatic carbocycles. The summed E-state index contributed by atoms with van der Waals surface area (Å²) in [5, 5.41) is 10.4. The minimum absolute atomic E-state index is 0.241. The Labute approximate surface area is 161 Å². The van der Waals surface area contributed by atoms with Crippen LogP contribution in [0.3, 0.4) is 0 Å². The van der Waals surface area contributed by atoms with Crippen LogP contribution in [0.1, 0.15) is 37.8 Å². The highest BCUT2D eigenvalue weighted by Gasteiger charge is 2.42. The lowest BCUT2D eigenvalue weighted by Gasteiger charge is -2.44. The van der Waals surface area contributed by atoms with E-state index in [9.17, 15) is 13.5 Å². The molecule has 144 valence electrons. The van der Waals surface area contributed by atoms with Crippen LogP contribution in [0, 0.1) is 0 Å². The largest absolute Gasteiger partial charge is 0.381 e. The van der Waals surface area contributed by atoms with Gasteiger partial charge in [0.1, 0.15) is 5.60 Å². The molecule has 2 heterocycles. The molecular weight excluding hydrogens is 360 g/mol. The van der Waals surface area contributed by atoms with Crippen molar-refractivity contribution >= 4 is 9.84 Å². The molecule has 2 aliphatic rings. The van der Waals surface area contributed by atoms with E-state index in [0.29, 0.717) is 23.7 Å². The zero-order valence-electron chi connectivity index (χ0n) is 15.6. The van der Waals surface area contributed by atoms with Crippen molar-refractivity contribution in [3.8, 4) is 11.1 Å². The van der Waals surface area contributed by atoms with Gasteiger partial charge in [0, 0.05) is 19.3 Å². The van der Waals surface area contributed by atoms with Gasteiger partial charge in [0.25, 0.3) is 0 Å². The van der Waals surface area contributed by atoms with Gasteiger partial charge < -0.3 is 5.11 Å². The summed E-state index contributed by atoms with van der Waals surface area (Å²) in [5.41, 5.74) is 1.63. The van der Waals surface area contributed by atoms with Gasteiger partial charge in [-0.2, -0.15) is 0 Å². The second kappa shape index (κ2) is 7.00. The fourth-order valence-corrected chi connectivity index (χ4v) is 6.13. The fourth-order valence-electron chi connectivity index (χ4n) is 4.28. The van der Waals surface area contributed by atoms with E-state index in [1.807, 2.05) is 36.2 Å². The van der Waals surface area contributed by atoms with Crippen LogP contribution in [0.2, 0.25) is 0 Å². The molecule has 1 aliphatic heterocycles. The van der Waals surface area contributed by atoms with Crippen molar-refractivity contribution in [2.45, 2.75) is 47.9 Å². The third kappa shape index (κ3) is 3.53. The van der Waals surface area contributed by atoms with E-state index >= 15 is 0 Å². The third-order valence-corrected chi connectivity index (χ3v) is 8.09. The van der Waals surface area contributed by atoms with Gasteiger partial charge in [-0.15, -0.1) is 0 Å². The number of likely N-dealkylation sites (N-methyl/N-ethyl adjacent to an activating group) is 1. The number of hydrogen-bond donors (Lipinski definition) is 1. The van der Waals surface area contributed by atoms with Crippen LogP contribution in [-0.2, 0) is 15.4 Å². The second-order valence-electron chi connectivity index (χ2n) is 7.96. The molecule has 1 saturated carbocycles. The zero-order chi connectivity index (χ0) is 19.1. The van der Waals surface area contributed by atoms with Crippen molar-refractivity contribution in [2.24, 2.45) is 0 Å². The summed E-state index contributed by atoms with van der Waals surface area (Å²) in [4.78, 5) is 6.79. The number of aliphatic hydroxyl groups is 1. The number of pyridine rings is 1. The lowest BCUT2D eigenvalue weighted by atomic mass is 9.89. The standard InChI is InChI=1S/C21H26N2O3S/c1-23-14-21(24,15-23)20-13-17(11-12-22-20)16-7-9-19(10-8-16)27(25,26)18-5-3-2-4-6-18/h7-13,18,24H,2-6,14-15H2,1H3. The van der Waals surface area contributed by atoms with Crippen molar-refractivity contribution < 1.29 is 13.5 Å². The van der Waals surface area contributed by atoms with E-state index in [0.717, 1.165) is 43.2 Å². The molecule has 2 fully saturated rings. The van der Waals surface area contributed by atoms with E-state index in [4.69, 9.17) is 0 Å². The normalized spacial score (nSPS) is 21.0. The molecule has 0 spiro atoms. The SMILES string of the molecule is CN1CC(O)(c2cc(-c3ccc(S(=O)(=O)C4CCCCC4)cc3)ccn2)C1. The van der Waals surface area contributed by atoms with Gasteiger partial charge in [-0.3, -0.25) is 9.88 Å². The van der Waals surface area contributed by atoms with E-state index in [1.54, 1.807) is 18.3 Å². The van der Waals surface area contributed by atoms with Crippen LogP contribution in [0.25, 0.3) is 11.1 Å². The van der Waals surface area contributed by atoms with E-state index < -0.39 is 15.4 Å². The average Bonchev–Trinajstić information content (AvgIpc) is 2.68. The Bertz CT molecular complexity index is 913. The molecule has 27 heavy (non-hydrogen) atoms. The second-order valence-corrected chi connectivity index (χ2v) is 10.2. The van der Waals surface area contributed by atoms with E-state index in [2.05, 4.69) is 4.98 Å². The number of likely N-dealkylation sites (tertiary alicyclic amines) is 1. The third-order valence-electron chi connectivity index (χ3n) is 5.81.